The molecule has 1 amide bonds. The maximum Gasteiger partial charge on any atom is 0.234 e. The van der Waals surface area contributed by atoms with Gasteiger partial charge in [0, 0.05) is 12.6 Å². The number of ether oxygens (including phenoxy) is 1. The third-order valence-electron chi connectivity index (χ3n) is 2.98. The van der Waals surface area contributed by atoms with E-state index in [1.807, 2.05) is 12.1 Å². The Bertz CT molecular complexity index is 376. The van der Waals surface area contributed by atoms with Gasteiger partial charge in [0.15, 0.2) is 0 Å². The van der Waals surface area contributed by atoms with E-state index in [0.717, 1.165) is 25.1 Å². The maximum atomic E-state index is 11.2. The lowest BCUT2D eigenvalue weighted by molar-refractivity contribution is -0.122. The largest absolute Gasteiger partial charge is 0.497 e. The molecule has 92 valence electrons. The Morgan fingerprint density at radius 3 is 2.76 bits per heavy atom. The minimum Gasteiger partial charge on any atom is -0.497 e. The van der Waals surface area contributed by atoms with E-state index in [2.05, 4.69) is 22.8 Å². The van der Waals surface area contributed by atoms with Crippen molar-refractivity contribution >= 4 is 5.91 Å². The number of nitrogens with one attached hydrogen (secondary N) is 2. The molecule has 0 aromatic heterocycles. The van der Waals surface area contributed by atoms with E-state index >= 15 is 0 Å². The Morgan fingerprint density at radius 1 is 1.35 bits per heavy atom. The molecule has 2 N–H and O–H groups in total. The van der Waals surface area contributed by atoms with E-state index in [9.17, 15) is 4.79 Å². The van der Waals surface area contributed by atoms with Crippen LogP contribution in [0.1, 0.15) is 12.0 Å². The minimum absolute atomic E-state index is 0.0935. The van der Waals surface area contributed by atoms with Crippen molar-refractivity contribution in [3.63, 3.8) is 0 Å². The van der Waals surface area contributed by atoms with E-state index in [0.29, 0.717) is 6.54 Å². The lowest BCUT2D eigenvalue weighted by Crippen LogP contribution is -2.52. The maximum absolute atomic E-state index is 11.2. The molecule has 1 fully saturated rings. The summed E-state index contributed by atoms with van der Waals surface area (Å²) in [7, 11) is 1.66. The summed E-state index contributed by atoms with van der Waals surface area (Å²) < 4.78 is 5.11. The van der Waals surface area contributed by atoms with Crippen LogP contribution in [0, 0.1) is 0 Å². The molecule has 4 nitrogen and oxygen atoms in total. The van der Waals surface area contributed by atoms with Crippen LogP contribution in [0.3, 0.4) is 0 Å². The standard InChI is InChI=1S/C13H18N2O2/c1-17-12-6-3-10(4-7-12)2-5-11-8-14-9-13(16)15-11/h3-4,6-7,11,14H,2,5,8-9H2,1H3,(H,15,16). The molecule has 1 aliphatic heterocycles. The van der Waals surface area contributed by atoms with Crippen molar-refractivity contribution in [3.05, 3.63) is 29.8 Å². The number of methoxy groups -OCH3 is 1. The van der Waals surface area contributed by atoms with Gasteiger partial charge in [-0.05, 0) is 30.5 Å². The molecule has 2 rings (SSSR count). The van der Waals surface area contributed by atoms with Crippen LogP contribution in [0.5, 0.6) is 5.75 Å². The Balaban J connectivity index is 1.82. The first kappa shape index (κ1) is 11.9. The van der Waals surface area contributed by atoms with Gasteiger partial charge in [0.05, 0.1) is 13.7 Å². The number of hydrogen-bond acceptors (Lipinski definition) is 3. The average Bonchev–Trinajstić information content (AvgIpc) is 2.37. The predicted octanol–water partition coefficient (Wildman–Crippen LogP) is 0.716. The zero-order valence-electron chi connectivity index (χ0n) is 10.0. The normalized spacial score (nSPS) is 19.8. The van der Waals surface area contributed by atoms with Crippen molar-refractivity contribution in [2.75, 3.05) is 20.2 Å². The van der Waals surface area contributed by atoms with Gasteiger partial charge in [0.1, 0.15) is 5.75 Å². The van der Waals surface area contributed by atoms with Crippen LogP contribution in [0.2, 0.25) is 0 Å². The van der Waals surface area contributed by atoms with Gasteiger partial charge in [-0.3, -0.25) is 4.79 Å². The van der Waals surface area contributed by atoms with Crippen molar-refractivity contribution < 1.29 is 9.53 Å². The first-order valence-electron chi connectivity index (χ1n) is 5.91. The summed E-state index contributed by atoms with van der Waals surface area (Å²) >= 11 is 0. The summed E-state index contributed by atoms with van der Waals surface area (Å²) in [4.78, 5) is 11.2. The molecule has 1 aromatic carbocycles. The zero-order valence-corrected chi connectivity index (χ0v) is 10.0. The number of benzene rings is 1. The van der Waals surface area contributed by atoms with Gasteiger partial charge in [-0.2, -0.15) is 0 Å². The number of carbonyl (C=O) groups excluding carboxylic acids is 1. The number of rotatable bonds is 4. The smallest absolute Gasteiger partial charge is 0.234 e. The highest BCUT2D eigenvalue weighted by atomic mass is 16.5. The van der Waals surface area contributed by atoms with Gasteiger partial charge in [0.25, 0.3) is 0 Å². The highest BCUT2D eigenvalue weighted by Gasteiger charge is 2.16. The molecule has 1 unspecified atom stereocenters. The average molecular weight is 234 g/mol. The summed E-state index contributed by atoms with van der Waals surface area (Å²) in [5, 5.41) is 6.09. The van der Waals surface area contributed by atoms with E-state index in [4.69, 9.17) is 4.74 Å². The summed E-state index contributed by atoms with van der Waals surface area (Å²) in [6, 6.07) is 8.31. The zero-order chi connectivity index (χ0) is 12.1. The molecule has 0 bridgehead atoms. The van der Waals surface area contributed by atoms with Crippen molar-refractivity contribution in [2.45, 2.75) is 18.9 Å². The molecule has 1 saturated heterocycles. The van der Waals surface area contributed by atoms with Gasteiger partial charge in [-0.1, -0.05) is 12.1 Å². The summed E-state index contributed by atoms with van der Waals surface area (Å²) in [5.41, 5.74) is 1.27. The Morgan fingerprint density at radius 2 is 2.12 bits per heavy atom. The third-order valence-corrected chi connectivity index (χ3v) is 2.98. The Kier molecular flexibility index (Phi) is 3.98. The second-order valence-corrected chi connectivity index (χ2v) is 4.28. The van der Waals surface area contributed by atoms with Crippen LogP contribution in [0.15, 0.2) is 24.3 Å². The van der Waals surface area contributed by atoms with Crippen LogP contribution in [-0.4, -0.2) is 32.1 Å². The number of amides is 1. The molecule has 0 saturated carbocycles. The van der Waals surface area contributed by atoms with E-state index in [-0.39, 0.29) is 11.9 Å². The molecule has 1 aliphatic rings. The van der Waals surface area contributed by atoms with Crippen LogP contribution in [0.25, 0.3) is 0 Å². The molecule has 0 aliphatic carbocycles. The van der Waals surface area contributed by atoms with Crippen LogP contribution >= 0.6 is 0 Å². The van der Waals surface area contributed by atoms with E-state index < -0.39 is 0 Å². The second-order valence-electron chi connectivity index (χ2n) is 4.28. The first-order valence-corrected chi connectivity index (χ1v) is 5.91. The van der Waals surface area contributed by atoms with Crippen molar-refractivity contribution in [1.82, 2.24) is 10.6 Å². The molecule has 4 heteroatoms. The molecule has 1 heterocycles. The molecule has 1 aromatic rings. The highest BCUT2D eigenvalue weighted by molar-refractivity contribution is 5.79. The molecule has 1 atom stereocenters. The predicted molar refractivity (Wildman–Crippen MR) is 66.1 cm³/mol. The summed E-state index contributed by atoms with van der Waals surface area (Å²) in [6.45, 7) is 1.31. The fourth-order valence-electron chi connectivity index (χ4n) is 2.00. The van der Waals surface area contributed by atoms with E-state index in [1.165, 1.54) is 5.56 Å². The van der Waals surface area contributed by atoms with Gasteiger partial charge >= 0.3 is 0 Å². The van der Waals surface area contributed by atoms with Gasteiger partial charge in [-0.25, -0.2) is 0 Å². The highest BCUT2D eigenvalue weighted by Crippen LogP contribution is 2.13. The molecule has 0 radical (unpaired) electrons. The fourth-order valence-corrected chi connectivity index (χ4v) is 2.00. The molecule has 0 spiro atoms. The monoisotopic (exact) mass is 234 g/mol. The molecular formula is C13H18N2O2. The van der Waals surface area contributed by atoms with Crippen LogP contribution < -0.4 is 15.4 Å². The number of piperazine rings is 1. The number of carbonyl (C=O) groups is 1. The second kappa shape index (κ2) is 5.68. The van der Waals surface area contributed by atoms with E-state index in [1.54, 1.807) is 7.11 Å². The van der Waals surface area contributed by atoms with Crippen molar-refractivity contribution in [1.29, 1.82) is 0 Å². The van der Waals surface area contributed by atoms with Crippen molar-refractivity contribution in [3.8, 4) is 5.75 Å². The summed E-state index contributed by atoms with van der Waals surface area (Å²) in [6.07, 6.45) is 1.93. The van der Waals surface area contributed by atoms with Gasteiger partial charge in [-0.15, -0.1) is 0 Å². The lowest BCUT2D eigenvalue weighted by atomic mass is 10.0. The SMILES string of the molecule is COc1ccc(CCC2CNCC(=O)N2)cc1. The number of aryl methyl sites for hydroxylation is 1. The van der Waals surface area contributed by atoms with Crippen LogP contribution in [0.4, 0.5) is 0 Å². The third kappa shape index (κ3) is 3.46. The fraction of sp³-hybridized carbons (Fsp3) is 0.462. The molecular weight excluding hydrogens is 216 g/mol. The Hall–Kier alpha value is -1.55. The number of hydrogen-bond donors (Lipinski definition) is 2. The first-order chi connectivity index (χ1) is 8.28. The van der Waals surface area contributed by atoms with Gasteiger partial charge < -0.3 is 15.4 Å². The summed E-state index contributed by atoms with van der Waals surface area (Å²) in [5.74, 6) is 0.970. The topological polar surface area (TPSA) is 50.4 Å². The van der Waals surface area contributed by atoms with Crippen molar-refractivity contribution in [2.24, 2.45) is 0 Å². The molecule has 17 heavy (non-hydrogen) atoms. The van der Waals surface area contributed by atoms with Gasteiger partial charge in [0.2, 0.25) is 5.91 Å². The van der Waals surface area contributed by atoms with Crippen LogP contribution in [-0.2, 0) is 11.2 Å². The lowest BCUT2D eigenvalue weighted by Gasteiger charge is -2.24. The Labute approximate surface area is 101 Å². The quantitative estimate of drug-likeness (QED) is 0.807. The minimum atomic E-state index is 0.0935.